The summed E-state index contributed by atoms with van der Waals surface area (Å²) in [7, 11) is -1.19. The minimum absolute atomic E-state index is 0.00827. The van der Waals surface area contributed by atoms with Gasteiger partial charge >= 0.3 is 12.3 Å². The van der Waals surface area contributed by atoms with Gasteiger partial charge in [-0.2, -0.15) is 18.3 Å². The van der Waals surface area contributed by atoms with Crippen molar-refractivity contribution in [1.82, 2.24) is 14.7 Å². The average molecular weight is 461 g/mol. The van der Waals surface area contributed by atoms with Gasteiger partial charge in [-0.3, -0.25) is 4.79 Å². The zero-order valence-electron chi connectivity index (χ0n) is 17.8. The number of carbonyl (C=O) groups is 2. The molecule has 0 aliphatic rings. The van der Waals surface area contributed by atoms with Crippen molar-refractivity contribution in [1.29, 1.82) is 0 Å². The Hall–Kier alpha value is -2.89. The van der Waals surface area contributed by atoms with E-state index >= 15 is 0 Å². The zero-order chi connectivity index (χ0) is 23.9. The SMILES string of the molecule is CCn1ncc(C(=O)c2cc(C)c(S(C)(=O)=O)c(C)c2C(F)(F)F)c1OC(=O)N(C)C. The number of ketones is 1. The number of aryl methyl sites for hydroxylation is 2. The summed E-state index contributed by atoms with van der Waals surface area (Å²) in [5, 5.41) is 3.91. The lowest BCUT2D eigenvalue weighted by Crippen LogP contribution is -2.27. The van der Waals surface area contributed by atoms with Crippen LogP contribution >= 0.6 is 0 Å². The molecule has 0 fully saturated rings. The van der Waals surface area contributed by atoms with E-state index in [1.54, 1.807) is 6.92 Å². The molecule has 0 spiro atoms. The van der Waals surface area contributed by atoms with Gasteiger partial charge in [-0.05, 0) is 38.0 Å². The summed E-state index contributed by atoms with van der Waals surface area (Å²) in [4.78, 5) is 25.8. The van der Waals surface area contributed by atoms with Crippen molar-refractivity contribution in [3.8, 4) is 5.88 Å². The molecular weight excluding hydrogens is 439 g/mol. The van der Waals surface area contributed by atoms with Crippen molar-refractivity contribution in [2.45, 2.75) is 38.4 Å². The van der Waals surface area contributed by atoms with Gasteiger partial charge in [0.25, 0.3) is 0 Å². The van der Waals surface area contributed by atoms with Crippen LogP contribution in [-0.4, -0.2) is 55.3 Å². The Bertz CT molecular complexity index is 1150. The molecule has 0 saturated heterocycles. The quantitative estimate of drug-likeness (QED) is 0.634. The standard InChI is InChI=1S/C19H22F3N3O5S/c1-7-25-17(30-18(27)24(4)5)13(9-23-25)15(26)12-8-10(2)16(31(6,28)29)11(3)14(12)19(20,21)22/h8-9H,7H2,1-6H3. The molecule has 1 heterocycles. The molecule has 0 atom stereocenters. The number of rotatable bonds is 5. The molecule has 0 aliphatic heterocycles. The van der Waals surface area contributed by atoms with Crippen molar-refractivity contribution in [3.63, 3.8) is 0 Å². The maximum atomic E-state index is 13.9. The Balaban J connectivity index is 2.80. The van der Waals surface area contributed by atoms with Crippen LogP contribution in [0.1, 0.15) is 39.5 Å². The van der Waals surface area contributed by atoms with Crippen LogP contribution in [0.15, 0.2) is 17.2 Å². The molecular formula is C19H22F3N3O5S. The molecule has 2 rings (SSSR count). The number of alkyl halides is 3. The highest BCUT2D eigenvalue weighted by molar-refractivity contribution is 7.90. The lowest BCUT2D eigenvalue weighted by atomic mass is 9.93. The third-order valence-electron chi connectivity index (χ3n) is 4.49. The van der Waals surface area contributed by atoms with Crippen molar-refractivity contribution in [3.05, 3.63) is 40.1 Å². The largest absolute Gasteiger partial charge is 0.417 e. The summed E-state index contributed by atoms with van der Waals surface area (Å²) >= 11 is 0. The normalized spacial score (nSPS) is 12.0. The predicted octanol–water partition coefficient (Wildman–Crippen LogP) is 3.23. The van der Waals surface area contributed by atoms with Crippen LogP contribution in [0.4, 0.5) is 18.0 Å². The predicted molar refractivity (Wildman–Crippen MR) is 105 cm³/mol. The molecule has 1 aromatic carbocycles. The Kier molecular flexibility index (Phi) is 6.55. The molecule has 8 nitrogen and oxygen atoms in total. The number of amides is 1. The van der Waals surface area contributed by atoms with Crippen LogP contribution in [0.5, 0.6) is 5.88 Å². The van der Waals surface area contributed by atoms with Gasteiger partial charge in [0, 0.05) is 32.5 Å². The minimum atomic E-state index is -5.01. The van der Waals surface area contributed by atoms with E-state index in [1.165, 1.54) is 21.0 Å². The second-order valence-corrected chi connectivity index (χ2v) is 9.06. The Morgan fingerprint density at radius 3 is 2.23 bits per heavy atom. The third-order valence-corrected chi connectivity index (χ3v) is 5.86. The molecule has 2 aromatic rings. The van der Waals surface area contributed by atoms with E-state index in [1.807, 2.05) is 0 Å². The summed E-state index contributed by atoms with van der Waals surface area (Å²) in [5.41, 5.74) is -3.06. The molecule has 0 aliphatic carbocycles. The number of aromatic nitrogens is 2. The number of sulfone groups is 1. The van der Waals surface area contributed by atoms with E-state index in [0.717, 1.165) is 35.0 Å². The van der Waals surface area contributed by atoms with Gasteiger partial charge in [-0.15, -0.1) is 0 Å². The lowest BCUT2D eigenvalue weighted by molar-refractivity contribution is -0.138. The third kappa shape index (κ3) is 4.73. The maximum Gasteiger partial charge on any atom is 0.417 e. The van der Waals surface area contributed by atoms with E-state index in [2.05, 4.69) is 5.10 Å². The summed E-state index contributed by atoms with van der Waals surface area (Å²) in [5.74, 6) is -1.40. The Labute approximate surface area is 177 Å². The molecule has 0 unspecified atom stereocenters. The van der Waals surface area contributed by atoms with Crippen LogP contribution in [0.25, 0.3) is 0 Å². The molecule has 170 valence electrons. The Morgan fingerprint density at radius 1 is 1.19 bits per heavy atom. The number of hydrogen-bond acceptors (Lipinski definition) is 6. The average Bonchev–Trinajstić information content (AvgIpc) is 3.00. The fraction of sp³-hybridized carbons (Fsp3) is 0.421. The first kappa shape index (κ1) is 24.4. The minimum Gasteiger partial charge on any atom is -0.391 e. The topological polar surface area (TPSA) is 98.6 Å². The highest BCUT2D eigenvalue weighted by atomic mass is 32.2. The van der Waals surface area contributed by atoms with Crippen molar-refractivity contribution in [2.75, 3.05) is 20.4 Å². The monoisotopic (exact) mass is 461 g/mol. The van der Waals surface area contributed by atoms with Gasteiger partial charge in [0.05, 0.1) is 16.7 Å². The van der Waals surface area contributed by atoms with Crippen LogP contribution in [-0.2, 0) is 22.6 Å². The molecule has 1 amide bonds. The van der Waals surface area contributed by atoms with E-state index in [9.17, 15) is 31.2 Å². The first-order valence-electron chi connectivity index (χ1n) is 9.02. The molecule has 0 saturated carbocycles. The first-order valence-corrected chi connectivity index (χ1v) is 10.9. The highest BCUT2D eigenvalue weighted by Crippen LogP contribution is 2.40. The maximum absolute atomic E-state index is 13.9. The summed E-state index contributed by atoms with van der Waals surface area (Å²) < 4.78 is 72.2. The number of benzene rings is 1. The molecule has 0 radical (unpaired) electrons. The van der Waals surface area contributed by atoms with Gasteiger partial charge in [-0.1, -0.05) is 0 Å². The van der Waals surface area contributed by atoms with E-state index in [4.69, 9.17) is 4.74 Å². The zero-order valence-corrected chi connectivity index (χ0v) is 18.6. The first-order chi connectivity index (χ1) is 14.1. The molecule has 12 heteroatoms. The summed E-state index contributed by atoms with van der Waals surface area (Å²) in [6, 6.07) is 0.884. The number of carbonyl (C=O) groups excluding carboxylic acids is 2. The molecule has 1 aromatic heterocycles. The van der Waals surface area contributed by atoms with Gasteiger partial charge in [0.1, 0.15) is 5.56 Å². The number of halogens is 3. The van der Waals surface area contributed by atoms with Crippen molar-refractivity contribution >= 4 is 21.7 Å². The molecule has 31 heavy (non-hydrogen) atoms. The van der Waals surface area contributed by atoms with Crippen molar-refractivity contribution < 1.29 is 35.9 Å². The summed E-state index contributed by atoms with van der Waals surface area (Å²) in [6.07, 6.45) is -4.04. The Morgan fingerprint density at radius 2 is 1.77 bits per heavy atom. The van der Waals surface area contributed by atoms with Gasteiger partial charge in [-0.25, -0.2) is 17.9 Å². The number of nitrogens with zero attached hydrogens (tertiary/aromatic N) is 3. The molecule has 0 bridgehead atoms. The fourth-order valence-electron chi connectivity index (χ4n) is 3.26. The van der Waals surface area contributed by atoms with Gasteiger partial charge in [0.2, 0.25) is 11.7 Å². The lowest BCUT2D eigenvalue weighted by Gasteiger charge is -2.19. The van der Waals surface area contributed by atoms with Gasteiger partial charge in [0.15, 0.2) is 9.84 Å². The number of hydrogen-bond donors (Lipinski definition) is 0. The van der Waals surface area contributed by atoms with Gasteiger partial charge < -0.3 is 9.64 Å². The molecule has 0 N–H and O–H groups in total. The highest BCUT2D eigenvalue weighted by Gasteiger charge is 2.40. The second-order valence-electron chi connectivity index (χ2n) is 7.11. The summed E-state index contributed by atoms with van der Waals surface area (Å²) in [6.45, 7) is 4.14. The number of ether oxygens (including phenoxy) is 1. The van der Waals surface area contributed by atoms with Crippen molar-refractivity contribution in [2.24, 2.45) is 0 Å². The van der Waals surface area contributed by atoms with Crippen LogP contribution in [0.2, 0.25) is 0 Å². The van der Waals surface area contributed by atoms with E-state index < -0.39 is 49.5 Å². The van der Waals surface area contributed by atoms with Crippen LogP contribution < -0.4 is 4.74 Å². The van der Waals surface area contributed by atoms with Crippen LogP contribution in [0, 0.1) is 13.8 Å². The fourth-order valence-corrected chi connectivity index (χ4v) is 4.56. The smallest absolute Gasteiger partial charge is 0.391 e. The van der Waals surface area contributed by atoms with Crippen LogP contribution in [0.3, 0.4) is 0 Å². The van der Waals surface area contributed by atoms with E-state index in [0.29, 0.717) is 0 Å². The van der Waals surface area contributed by atoms with E-state index in [-0.39, 0.29) is 23.6 Å². The second kappa shape index (κ2) is 8.33.